The van der Waals surface area contributed by atoms with Crippen molar-refractivity contribution in [3.63, 3.8) is 0 Å². The molecule has 1 N–H and O–H groups in total. The highest BCUT2D eigenvalue weighted by Crippen LogP contribution is 2.38. The fraction of sp³-hybridized carbons (Fsp3) is 0.333. The smallest absolute Gasteiger partial charge is 0.238 e. The van der Waals surface area contributed by atoms with Gasteiger partial charge in [-0.1, -0.05) is 12.2 Å². The molecule has 1 aromatic carbocycles. The van der Waals surface area contributed by atoms with E-state index in [0.717, 1.165) is 0 Å². The third kappa shape index (κ3) is 1.75. The molecule has 1 aliphatic heterocycles. The molecule has 0 radical (unpaired) electrons. The van der Waals surface area contributed by atoms with E-state index < -0.39 is 0 Å². The molecule has 3 rings (SSSR count). The molecular weight excluding hydrogens is 242 g/mol. The summed E-state index contributed by atoms with van der Waals surface area (Å²) in [7, 11) is 0. The number of rotatable bonds is 1. The second-order valence-electron chi connectivity index (χ2n) is 5.14. The summed E-state index contributed by atoms with van der Waals surface area (Å²) in [5, 5.41) is 9.53. The second kappa shape index (κ2) is 4.23. The van der Waals surface area contributed by atoms with Crippen LogP contribution in [0.2, 0.25) is 0 Å². The minimum absolute atomic E-state index is 0.121. The van der Waals surface area contributed by atoms with Gasteiger partial charge >= 0.3 is 0 Å². The van der Waals surface area contributed by atoms with Gasteiger partial charge in [-0.15, -0.1) is 0 Å². The van der Waals surface area contributed by atoms with E-state index in [4.69, 9.17) is 0 Å². The van der Waals surface area contributed by atoms with E-state index in [1.807, 2.05) is 12.2 Å². The van der Waals surface area contributed by atoms with Crippen LogP contribution in [0.4, 0.5) is 5.69 Å². The summed E-state index contributed by atoms with van der Waals surface area (Å²) in [4.78, 5) is 26.0. The topological polar surface area (TPSA) is 57.6 Å². The minimum Gasteiger partial charge on any atom is -0.508 e. The highest BCUT2D eigenvalue weighted by molar-refractivity contribution is 6.22. The molecule has 0 saturated carbocycles. The number of carbonyl (C=O) groups is 2. The van der Waals surface area contributed by atoms with Crippen LogP contribution in [0.15, 0.2) is 30.4 Å². The maximum absolute atomic E-state index is 12.4. The molecule has 19 heavy (non-hydrogen) atoms. The first-order valence-electron chi connectivity index (χ1n) is 6.42. The molecule has 1 fully saturated rings. The summed E-state index contributed by atoms with van der Waals surface area (Å²) in [5.74, 6) is -0.506. The number of phenols is 1. The van der Waals surface area contributed by atoms with Crippen molar-refractivity contribution in [1.29, 1.82) is 0 Å². The second-order valence-corrected chi connectivity index (χ2v) is 5.14. The molecule has 4 heteroatoms. The van der Waals surface area contributed by atoms with E-state index in [-0.39, 0.29) is 29.4 Å². The van der Waals surface area contributed by atoms with Crippen LogP contribution in [0.3, 0.4) is 0 Å². The Bertz CT molecular complexity index is 565. The number of amides is 2. The minimum atomic E-state index is -0.216. The first kappa shape index (κ1) is 12.0. The van der Waals surface area contributed by atoms with Gasteiger partial charge in [0.25, 0.3) is 0 Å². The molecule has 98 valence electrons. The van der Waals surface area contributed by atoms with Crippen LogP contribution in [0.1, 0.15) is 18.4 Å². The van der Waals surface area contributed by atoms with Gasteiger partial charge in [0.2, 0.25) is 11.8 Å². The van der Waals surface area contributed by atoms with Crippen molar-refractivity contribution in [1.82, 2.24) is 0 Å². The van der Waals surface area contributed by atoms with Gasteiger partial charge in [0.05, 0.1) is 17.5 Å². The van der Waals surface area contributed by atoms with Gasteiger partial charge in [-0.25, -0.2) is 0 Å². The zero-order valence-corrected chi connectivity index (χ0v) is 10.7. The number of allylic oxidation sites excluding steroid dienone is 2. The highest BCUT2D eigenvalue weighted by atomic mass is 16.3. The lowest BCUT2D eigenvalue weighted by Gasteiger charge is -2.15. The van der Waals surface area contributed by atoms with Crippen LogP contribution in [0.25, 0.3) is 0 Å². The average molecular weight is 257 g/mol. The first-order chi connectivity index (χ1) is 9.09. The summed E-state index contributed by atoms with van der Waals surface area (Å²) < 4.78 is 0. The first-order valence-corrected chi connectivity index (χ1v) is 6.42. The number of carbonyl (C=O) groups excluding carboxylic acids is 2. The van der Waals surface area contributed by atoms with Crippen molar-refractivity contribution >= 4 is 17.5 Å². The number of nitrogens with zero attached hydrogens (tertiary/aromatic N) is 1. The molecule has 0 aromatic heterocycles. The number of benzene rings is 1. The number of hydrogen-bond donors (Lipinski definition) is 1. The molecule has 1 saturated heterocycles. The Kier molecular flexibility index (Phi) is 2.66. The number of phenolic OH excluding ortho intramolecular Hbond substituents is 1. The highest BCUT2D eigenvalue weighted by Gasteiger charge is 2.47. The molecule has 1 aromatic rings. The Labute approximate surface area is 111 Å². The predicted octanol–water partition coefficient (Wildman–Crippen LogP) is 2.16. The maximum Gasteiger partial charge on any atom is 0.238 e. The Balaban J connectivity index is 1.99. The Hall–Kier alpha value is -2.10. The Morgan fingerprint density at radius 2 is 1.68 bits per heavy atom. The molecule has 0 spiro atoms. The SMILES string of the molecule is Cc1cc(N2C(=O)C3CC=CCC3C2=O)ccc1O. The third-order valence-electron chi connectivity index (χ3n) is 3.95. The van der Waals surface area contributed by atoms with Gasteiger partial charge in [0.15, 0.2) is 0 Å². The van der Waals surface area contributed by atoms with Gasteiger partial charge in [-0.05, 0) is 43.5 Å². The van der Waals surface area contributed by atoms with Gasteiger partial charge in [-0.3, -0.25) is 14.5 Å². The Morgan fingerprint density at radius 1 is 1.11 bits per heavy atom. The van der Waals surface area contributed by atoms with E-state index in [1.54, 1.807) is 19.1 Å². The molecule has 4 nitrogen and oxygen atoms in total. The predicted molar refractivity (Wildman–Crippen MR) is 70.7 cm³/mol. The monoisotopic (exact) mass is 257 g/mol. The fourth-order valence-electron chi connectivity index (χ4n) is 2.83. The van der Waals surface area contributed by atoms with E-state index in [9.17, 15) is 14.7 Å². The van der Waals surface area contributed by atoms with E-state index >= 15 is 0 Å². The zero-order valence-electron chi connectivity index (χ0n) is 10.7. The number of aromatic hydroxyl groups is 1. The third-order valence-corrected chi connectivity index (χ3v) is 3.95. The van der Waals surface area contributed by atoms with Crippen LogP contribution >= 0.6 is 0 Å². The number of fused-ring (bicyclic) bond motifs is 1. The lowest BCUT2D eigenvalue weighted by atomic mass is 9.85. The van der Waals surface area contributed by atoms with E-state index in [0.29, 0.717) is 24.1 Å². The molecule has 2 unspecified atom stereocenters. The lowest BCUT2D eigenvalue weighted by Crippen LogP contribution is -2.30. The summed E-state index contributed by atoms with van der Waals surface area (Å²) in [5.41, 5.74) is 1.21. The quantitative estimate of drug-likeness (QED) is 0.619. The largest absolute Gasteiger partial charge is 0.508 e. The molecule has 1 heterocycles. The molecular formula is C15H15NO3. The van der Waals surface area contributed by atoms with Gasteiger partial charge in [0.1, 0.15) is 5.75 Å². The molecule has 2 atom stereocenters. The van der Waals surface area contributed by atoms with Crippen LogP contribution in [0.5, 0.6) is 5.75 Å². The average Bonchev–Trinajstić information content (AvgIpc) is 2.66. The standard InChI is InChI=1S/C15H15NO3/c1-9-8-10(6-7-13(9)17)16-14(18)11-4-2-3-5-12(11)15(16)19/h2-3,6-8,11-12,17H,4-5H2,1H3. The van der Waals surface area contributed by atoms with Crippen molar-refractivity contribution < 1.29 is 14.7 Å². The number of imide groups is 1. The van der Waals surface area contributed by atoms with Gasteiger partial charge in [0, 0.05) is 0 Å². The fourth-order valence-corrected chi connectivity index (χ4v) is 2.83. The van der Waals surface area contributed by atoms with Crippen LogP contribution in [-0.2, 0) is 9.59 Å². The molecule has 1 aliphatic carbocycles. The molecule has 2 aliphatic rings. The summed E-state index contributed by atoms with van der Waals surface area (Å²) in [6, 6.07) is 4.81. The van der Waals surface area contributed by atoms with Crippen molar-refractivity contribution in [2.45, 2.75) is 19.8 Å². The lowest BCUT2D eigenvalue weighted by molar-refractivity contribution is -0.122. The Morgan fingerprint density at radius 3 is 2.21 bits per heavy atom. The molecule has 0 bridgehead atoms. The summed E-state index contributed by atoms with van der Waals surface area (Å²) in [6.07, 6.45) is 5.22. The van der Waals surface area contributed by atoms with Gasteiger partial charge < -0.3 is 5.11 Å². The zero-order chi connectivity index (χ0) is 13.6. The van der Waals surface area contributed by atoms with E-state index in [2.05, 4.69) is 0 Å². The van der Waals surface area contributed by atoms with E-state index in [1.165, 1.54) is 11.0 Å². The van der Waals surface area contributed by atoms with Crippen LogP contribution in [0, 0.1) is 18.8 Å². The van der Waals surface area contributed by atoms with Gasteiger partial charge in [-0.2, -0.15) is 0 Å². The van der Waals surface area contributed by atoms with Crippen LogP contribution < -0.4 is 4.90 Å². The van der Waals surface area contributed by atoms with Crippen molar-refractivity contribution in [3.05, 3.63) is 35.9 Å². The molecule has 2 amide bonds. The van der Waals surface area contributed by atoms with Crippen molar-refractivity contribution in [2.75, 3.05) is 4.90 Å². The number of aryl methyl sites for hydroxylation is 1. The van der Waals surface area contributed by atoms with Crippen LogP contribution in [-0.4, -0.2) is 16.9 Å². The number of anilines is 1. The maximum atomic E-state index is 12.4. The number of hydrogen-bond acceptors (Lipinski definition) is 3. The summed E-state index contributed by atoms with van der Waals surface area (Å²) in [6.45, 7) is 1.75. The summed E-state index contributed by atoms with van der Waals surface area (Å²) >= 11 is 0. The normalized spacial score (nSPS) is 25.8. The van der Waals surface area contributed by atoms with Crippen molar-refractivity contribution in [2.24, 2.45) is 11.8 Å². The van der Waals surface area contributed by atoms with Crippen molar-refractivity contribution in [3.8, 4) is 5.75 Å².